The second-order valence-electron chi connectivity index (χ2n) is 7.08. The Morgan fingerprint density at radius 3 is 2.17 bits per heavy atom. The van der Waals surface area contributed by atoms with Crippen LogP contribution in [-0.2, 0) is 11.2 Å². The summed E-state index contributed by atoms with van der Waals surface area (Å²) in [7, 11) is 0. The number of hydrogen-bond acceptors (Lipinski definition) is 3. The van der Waals surface area contributed by atoms with Gasteiger partial charge in [-0.3, -0.25) is 9.59 Å². The molecule has 2 aromatic rings. The fourth-order valence-corrected chi connectivity index (χ4v) is 3.30. The molecule has 0 bridgehead atoms. The number of piperazine rings is 1. The van der Waals surface area contributed by atoms with Gasteiger partial charge in [0, 0.05) is 26.2 Å². The number of benzene rings is 2. The summed E-state index contributed by atoms with van der Waals surface area (Å²) >= 11 is 0. The van der Waals surface area contributed by atoms with Crippen LogP contribution < -0.4 is 4.74 Å². The monoisotopic (exact) mass is 420 g/mol. The van der Waals surface area contributed by atoms with Gasteiger partial charge in [-0.1, -0.05) is 25.5 Å². The highest BCUT2D eigenvalue weighted by Gasteiger charge is 2.28. The average Bonchev–Trinajstić information content (AvgIpc) is 2.77. The normalized spacial score (nSPS) is 14.0. The second kappa shape index (κ2) is 9.65. The molecule has 0 radical (unpaired) electrons. The minimum Gasteiger partial charge on any atom is -0.484 e. The zero-order valence-corrected chi connectivity index (χ0v) is 16.7. The summed E-state index contributed by atoms with van der Waals surface area (Å²) in [6.07, 6.45) is 2.03. The summed E-state index contributed by atoms with van der Waals surface area (Å²) in [4.78, 5) is 27.6. The highest BCUT2D eigenvalue weighted by Crippen LogP contribution is 2.18. The molecule has 0 unspecified atom stereocenters. The molecule has 0 saturated carbocycles. The third kappa shape index (κ3) is 4.93. The second-order valence-corrected chi connectivity index (χ2v) is 7.08. The number of rotatable bonds is 6. The zero-order valence-electron chi connectivity index (χ0n) is 16.7. The largest absolute Gasteiger partial charge is 0.484 e. The van der Waals surface area contributed by atoms with Crippen molar-refractivity contribution in [3.8, 4) is 5.75 Å². The molecule has 1 aliphatic rings. The van der Waals surface area contributed by atoms with Gasteiger partial charge in [-0.2, -0.15) is 0 Å². The van der Waals surface area contributed by atoms with Crippen molar-refractivity contribution in [3.63, 3.8) is 0 Å². The first-order valence-corrected chi connectivity index (χ1v) is 9.83. The van der Waals surface area contributed by atoms with Gasteiger partial charge in [0.2, 0.25) is 0 Å². The fraction of sp³-hybridized carbons (Fsp3) is 0.364. The number of aryl methyl sites for hydroxylation is 1. The molecule has 1 heterocycles. The topological polar surface area (TPSA) is 49.9 Å². The molecule has 160 valence electrons. The van der Waals surface area contributed by atoms with Gasteiger partial charge in [0.1, 0.15) is 5.75 Å². The summed E-state index contributed by atoms with van der Waals surface area (Å²) in [6.45, 7) is 2.79. The third-order valence-corrected chi connectivity index (χ3v) is 5.01. The van der Waals surface area contributed by atoms with Crippen LogP contribution in [0.4, 0.5) is 13.2 Å². The quantitative estimate of drug-likeness (QED) is 0.673. The predicted molar refractivity (Wildman–Crippen MR) is 105 cm³/mol. The molecule has 3 rings (SSSR count). The van der Waals surface area contributed by atoms with Gasteiger partial charge in [-0.15, -0.1) is 0 Å². The Balaban J connectivity index is 1.50. The van der Waals surface area contributed by atoms with Crippen molar-refractivity contribution in [2.45, 2.75) is 19.8 Å². The summed E-state index contributed by atoms with van der Waals surface area (Å²) < 4.78 is 45.8. The maximum absolute atomic E-state index is 13.9. The van der Waals surface area contributed by atoms with Gasteiger partial charge in [0.25, 0.3) is 11.8 Å². The standard InChI is InChI=1S/C22H23F3N2O3/c1-2-3-15-4-6-16(7-5-15)30-14-19(28)26-10-12-27(13-11-26)22(29)17-8-9-18(23)21(25)20(17)24/h4-9H,2-3,10-14H2,1H3. The van der Waals surface area contributed by atoms with Gasteiger partial charge in [-0.25, -0.2) is 13.2 Å². The number of carbonyl (C=O) groups is 2. The minimum atomic E-state index is -1.67. The number of carbonyl (C=O) groups excluding carboxylic acids is 2. The van der Waals surface area contributed by atoms with E-state index in [0.717, 1.165) is 25.0 Å². The van der Waals surface area contributed by atoms with E-state index in [-0.39, 0.29) is 38.7 Å². The van der Waals surface area contributed by atoms with Crippen molar-refractivity contribution in [1.29, 1.82) is 0 Å². The summed E-state index contributed by atoms with van der Waals surface area (Å²) in [5.74, 6) is -4.88. The van der Waals surface area contributed by atoms with E-state index in [1.165, 1.54) is 10.5 Å². The molecular weight excluding hydrogens is 397 g/mol. The molecule has 0 aromatic heterocycles. The van der Waals surface area contributed by atoms with E-state index >= 15 is 0 Å². The molecule has 0 spiro atoms. The lowest BCUT2D eigenvalue weighted by molar-refractivity contribution is -0.134. The lowest BCUT2D eigenvalue weighted by atomic mass is 10.1. The third-order valence-electron chi connectivity index (χ3n) is 5.01. The van der Waals surface area contributed by atoms with Crippen LogP contribution in [0, 0.1) is 17.5 Å². The lowest BCUT2D eigenvalue weighted by Crippen LogP contribution is -2.51. The van der Waals surface area contributed by atoms with E-state index in [1.807, 2.05) is 24.3 Å². The van der Waals surface area contributed by atoms with Crippen LogP contribution in [0.15, 0.2) is 36.4 Å². The van der Waals surface area contributed by atoms with E-state index in [4.69, 9.17) is 4.74 Å². The van der Waals surface area contributed by atoms with Crippen molar-refractivity contribution in [3.05, 3.63) is 65.0 Å². The van der Waals surface area contributed by atoms with Crippen LogP contribution in [0.1, 0.15) is 29.3 Å². The van der Waals surface area contributed by atoms with E-state index in [2.05, 4.69) is 6.92 Å². The Morgan fingerprint density at radius 2 is 1.53 bits per heavy atom. The number of ether oxygens (including phenoxy) is 1. The molecule has 0 N–H and O–H groups in total. The highest BCUT2D eigenvalue weighted by molar-refractivity contribution is 5.94. The van der Waals surface area contributed by atoms with Crippen molar-refractivity contribution < 1.29 is 27.5 Å². The Kier molecular flexibility index (Phi) is 6.97. The first-order valence-electron chi connectivity index (χ1n) is 9.83. The summed E-state index contributed by atoms with van der Waals surface area (Å²) in [6, 6.07) is 9.22. The van der Waals surface area contributed by atoms with Crippen LogP contribution in [0.3, 0.4) is 0 Å². The zero-order chi connectivity index (χ0) is 21.7. The van der Waals surface area contributed by atoms with Crippen molar-refractivity contribution in [2.24, 2.45) is 0 Å². The Morgan fingerprint density at radius 1 is 0.900 bits per heavy atom. The Labute approximate surface area is 173 Å². The molecule has 0 atom stereocenters. The van der Waals surface area contributed by atoms with Gasteiger partial charge < -0.3 is 14.5 Å². The molecular formula is C22H23F3N2O3. The van der Waals surface area contributed by atoms with Gasteiger partial charge in [-0.05, 0) is 36.2 Å². The Bertz CT molecular complexity index is 911. The Hall–Kier alpha value is -3.03. The van der Waals surface area contributed by atoms with E-state index in [1.54, 1.807) is 4.90 Å². The smallest absolute Gasteiger partial charge is 0.260 e. The molecule has 1 saturated heterocycles. The van der Waals surface area contributed by atoms with Gasteiger partial charge >= 0.3 is 0 Å². The molecule has 2 aromatic carbocycles. The molecule has 30 heavy (non-hydrogen) atoms. The van der Waals surface area contributed by atoms with E-state index < -0.39 is 28.9 Å². The lowest BCUT2D eigenvalue weighted by Gasteiger charge is -2.34. The molecule has 2 amide bonds. The maximum atomic E-state index is 13.9. The number of hydrogen-bond donors (Lipinski definition) is 0. The highest BCUT2D eigenvalue weighted by atomic mass is 19.2. The van der Waals surface area contributed by atoms with Crippen LogP contribution in [-0.4, -0.2) is 54.4 Å². The van der Waals surface area contributed by atoms with Crippen LogP contribution >= 0.6 is 0 Å². The molecule has 1 fully saturated rings. The SMILES string of the molecule is CCCc1ccc(OCC(=O)N2CCN(C(=O)c3ccc(F)c(F)c3F)CC2)cc1. The maximum Gasteiger partial charge on any atom is 0.260 e. The molecule has 0 aliphatic carbocycles. The molecule has 5 nitrogen and oxygen atoms in total. The fourth-order valence-electron chi connectivity index (χ4n) is 3.30. The molecule has 1 aliphatic heterocycles. The van der Waals surface area contributed by atoms with E-state index in [0.29, 0.717) is 5.75 Å². The molecule has 8 heteroatoms. The van der Waals surface area contributed by atoms with Crippen LogP contribution in [0.5, 0.6) is 5.75 Å². The summed E-state index contributed by atoms with van der Waals surface area (Å²) in [5.41, 5.74) is 0.679. The van der Waals surface area contributed by atoms with Crippen molar-refractivity contribution >= 4 is 11.8 Å². The van der Waals surface area contributed by atoms with Gasteiger partial charge in [0.15, 0.2) is 24.1 Å². The first kappa shape index (κ1) is 21.7. The van der Waals surface area contributed by atoms with Crippen LogP contribution in [0.2, 0.25) is 0 Å². The number of halogens is 3. The number of nitrogens with zero attached hydrogens (tertiary/aromatic N) is 2. The van der Waals surface area contributed by atoms with Crippen molar-refractivity contribution in [2.75, 3.05) is 32.8 Å². The van der Waals surface area contributed by atoms with Gasteiger partial charge in [0.05, 0.1) is 5.56 Å². The number of amides is 2. The summed E-state index contributed by atoms with van der Waals surface area (Å²) in [5, 5.41) is 0. The predicted octanol–water partition coefficient (Wildman–Crippen LogP) is 3.42. The van der Waals surface area contributed by atoms with Crippen LogP contribution in [0.25, 0.3) is 0 Å². The van der Waals surface area contributed by atoms with E-state index in [9.17, 15) is 22.8 Å². The minimum absolute atomic E-state index is 0.126. The first-order chi connectivity index (χ1) is 14.4. The van der Waals surface area contributed by atoms with Crippen molar-refractivity contribution in [1.82, 2.24) is 9.80 Å². The average molecular weight is 420 g/mol.